The lowest BCUT2D eigenvalue weighted by molar-refractivity contribution is -0.144. The molecule has 1 aliphatic rings. The zero-order valence-electron chi connectivity index (χ0n) is 19.6. The fraction of sp³-hybridized carbons (Fsp3) is 0.385. The average Bonchev–Trinajstić information content (AvgIpc) is 2.84. The third-order valence-electron chi connectivity index (χ3n) is 6.71. The number of alkyl halides is 2. The first-order valence-corrected chi connectivity index (χ1v) is 11.6. The SMILES string of the molecule is Cc1cc(Nc2cc(C(F)F)ccn2)nc(-c2ccc([C@](C)(O)C3CCC(C(=O)O)CC3)nc2)c1. The van der Waals surface area contributed by atoms with E-state index in [1.165, 1.54) is 18.3 Å². The van der Waals surface area contributed by atoms with Gasteiger partial charge in [-0.25, -0.2) is 18.7 Å². The highest BCUT2D eigenvalue weighted by molar-refractivity contribution is 5.70. The second-order valence-electron chi connectivity index (χ2n) is 9.28. The molecule has 0 aromatic carbocycles. The number of aliphatic hydroxyl groups is 1. The van der Waals surface area contributed by atoms with Crippen molar-refractivity contribution in [2.45, 2.75) is 51.6 Å². The third kappa shape index (κ3) is 5.62. The van der Waals surface area contributed by atoms with Crippen LogP contribution in [0.2, 0.25) is 0 Å². The maximum atomic E-state index is 13.0. The summed E-state index contributed by atoms with van der Waals surface area (Å²) >= 11 is 0. The van der Waals surface area contributed by atoms with Crippen LogP contribution in [-0.2, 0) is 10.4 Å². The first kappa shape index (κ1) is 24.7. The standard InChI is InChI=1S/C26H28F2N4O3/c1-15-11-20(31-23(12-15)32-22-13-17(24(27)28)9-10-29-22)18-5-8-21(30-14-18)26(2,35)19-6-3-16(4-7-19)25(33)34/h5,8-14,16,19,24,35H,3-4,6-7H2,1-2H3,(H,33,34)(H,29,31,32)/t16?,19?,26-/m1/s1. The van der Waals surface area contributed by atoms with Crippen molar-refractivity contribution in [3.05, 3.63) is 65.6 Å². The summed E-state index contributed by atoms with van der Waals surface area (Å²) in [6.07, 6.45) is 2.73. The van der Waals surface area contributed by atoms with Gasteiger partial charge in [0.15, 0.2) is 0 Å². The van der Waals surface area contributed by atoms with Gasteiger partial charge in [0.25, 0.3) is 6.43 Å². The third-order valence-corrected chi connectivity index (χ3v) is 6.71. The van der Waals surface area contributed by atoms with Crippen LogP contribution in [0.15, 0.2) is 48.8 Å². The second kappa shape index (κ2) is 10.0. The zero-order chi connectivity index (χ0) is 25.2. The van der Waals surface area contributed by atoms with Gasteiger partial charge in [-0.3, -0.25) is 9.78 Å². The van der Waals surface area contributed by atoms with E-state index in [1.807, 2.05) is 19.1 Å². The summed E-state index contributed by atoms with van der Waals surface area (Å²) in [5.74, 6) is -0.455. The Balaban J connectivity index is 1.52. The Labute approximate surface area is 202 Å². The molecule has 184 valence electrons. The Morgan fingerprint density at radius 2 is 1.83 bits per heavy atom. The van der Waals surface area contributed by atoms with Gasteiger partial charge in [0.05, 0.1) is 17.3 Å². The fourth-order valence-corrected chi connectivity index (χ4v) is 4.62. The highest BCUT2D eigenvalue weighted by Gasteiger charge is 2.38. The number of hydrogen-bond acceptors (Lipinski definition) is 6. The van der Waals surface area contributed by atoms with E-state index in [-0.39, 0.29) is 23.2 Å². The number of aryl methyl sites for hydroxylation is 1. The Hall–Kier alpha value is -3.46. The van der Waals surface area contributed by atoms with Crippen LogP contribution in [0.3, 0.4) is 0 Å². The van der Waals surface area contributed by atoms with E-state index in [0.717, 1.165) is 11.1 Å². The number of hydrogen-bond donors (Lipinski definition) is 3. The van der Waals surface area contributed by atoms with Crippen molar-refractivity contribution in [2.24, 2.45) is 11.8 Å². The Bertz CT molecular complexity index is 1190. The molecule has 0 spiro atoms. The molecule has 35 heavy (non-hydrogen) atoms. The number of aromatic nitrogens is 3. The predicted octanol–water partition coefficient (Wildman–Crippen LogP) is 5.63. The van der Waals surface area contributed by atoms with Gasteiger partial charge in [-0.05, 0) is 87.4 Å². The molecule has 1 aliphatic carbocycles. The van der Waals surface area contributed by atoms with Crippen LogP contribution in [0.1, 0.15) is 55.9 Å². The van der Waals surface area contributed by atoms with Gasteiger partial charge in [-0.15, -0.1) is 0 Å². The van der Waals surface area contributed by atoms with Gasteiger partial charge in [0, 0.05) is 23.5 Å². The molecular weight excluding hydrogens is 454 g/mol. The van der Waals surface area contributed by atoms with E-state index < -0.39 is 18.0 Å². The molecule has 0 amide bonds. The van der Waals surface area contributed by atoms with Crippen molar-refractivity contribution in [3.8, 4) is 11.3 Å². The van der Waals surface area contributed by atoms with Crippen LogP contribution in [0.4, 0.5) is 20.4 Å². The van der Waals surface area contributed by atoms with Crippen molar-refractivity contribution in [1.29, 1.82) is 0 Å². The molecule has 3 aromatic rings. The number of rotatable bonds is 7. The summed E-state index contributed by atoms with van der Waals surface area (Å²) in [5.41, 5.74) is 1.51. The van der Waals surface area contributed by atoms with Gasteiger partial charge in [0.1, 0.15) is 17.2 Å². The minimum atomic E-state index is -2.59. The highest BCUT2D eigenvalue weighted by atomic mass is 19.3. The van der Waals surface area contributed by atoms with Crippen LogP contribution in [-0.4, -0.2) is 31.1 Å². The number of carboxylic acid groups (broad SMARTS) is 1. The van der Waals surface area contributed by atoms with Crippen molar-refractivity contribution >= 4 is 17.6 Å². The zero-order valence-corrected chi connectivity index (χ0v) is 19.6. The summed E-state index contributed by atoms with van der Waals surface area (Å²) in [6, 6.07) is 9.84. The molecule has 3 aromatic heterocycles. The molecule has 1 saturated carbocycles. The number of nitrogens with zero attached hydrogens (tertiary/aromatic N) is 3. The maximum absolute atomic E-state index is 13.0. The lowest BCUT2D eigenvalue weighted by Crippen LogP contribution is -2.36. The summed E-state index contributed by atoms with van der Waals surface area (Å²) in [4.78, 5) is 24.4. The van der Waals surface area contributed by atoms with E-state index in [4.69, 9.17) is 0 Å². The quantitative estimate of drug-likeness (QED) is 0.401. The van der Waals surface area contributed by atoms with Gasteiger partial charge in [-0.2, -0.15) is 0 Å². The summed E-state index contributed by atoms with van der Waals surface area (Å²) in [7, 11) is 0. The predicted molar refractivity (Wildman–Crippen MR) is 127 cm³/mol. The Morgan fingerprint density at radius 3 is 2.46 bits per heavy atom. The first-order chi connectivity index (χ1) is 16.6. The molecule has 0 radical (unpaired) electrons. The van der Waals surface area contributed by atoms with E-state index in [1.54, 1.807) is 25.3 Å². The van der Waals surface area contributed by atoms with Crippen molar-refractivity contribution in [1.82, 2.24) is 15.0 Å². The fourth-order valence-electron chi connectivity index (χ4n) is 4.62. The topological polar surface area (TPSA) is 108 Å². The molecular formula is C26H28F2N4O3. The van der Waals surface area contributed by atoms with Crippen molar-refractivity contribution in [3.63, 3.8) is 0 Å². The molecule has 3 heterocycles. The van der Waals surface area contributed by atoms with Gasteiger partial charge in [0.2, 0.25) is 0 Å². The highest BCUT2D eigenvalue weighted by Crippen LogP contribution is 2.40. The molecule has 4 rings (SSSR count). The van der Waals surface area contributed by atoms with E-state index in [2.05, 4.69) is 20.3 Å². The number of carbonyl (C=O) groups is 1. The monoisotopic (exact) mass is 482 g/mol. The number of nitrogens with one attached hydrogen (secondary N) is 1. The van der Waals surface area contributed by atoms with Crippen molar-refractivity contribution in [2.75, 3.05) is 5.32 Å². The molecule has 0 unspecified atom stereocenters. The number of pyridine rings is 3. The smallest absolute Gasteiger partial charge is 0.306 e. The molecule has 0 bridgehead atoms. The average molecular weight is 483 g/mol. The normalized spacial score (nSPS) is 19.8. The van der Waals surface area contributed by atoms with Crippen LogP contribution in [0, 0.1) is 18.8 Å². The second-order valence-corrected chi connectivity index (χ2v) is 9.28. The molecule has 1 atom stereocenters. The number of carboxylic acids is 1. The summed E-state index contributed by atoms with van der Waals surface area (Å²) in [5, 5.41) is 23.4. The number of halogens is 2. The maximum Gasteiger partial charge on any atom is 0.306 e. The van der Waals surface area contributed by atoms with Crippen molar-refractivity contribution < 1.29 is 23.8 Å². The summed E-state index contributed by atoms with van der Waals surface area (Å²) < 4.78 is 26.0. The minimum absolute atomic E-state index is 0.0687. The molecule has 9 heteroatoms. The van der Waals surface area contributed by atoms with E-state index >= 15 is 0 Å². The van der Waals surface area contributed by atoms with Crippen LogP contribution in [0.25, 0.3) is 11.3 Å². The van der Waals surface area contributed by atoms with Gasteiger partial charge in [-0.1, -0.05) is 0 Å². The molecule has 3 N–H and O–H groups in total. The van der Waals surface area contributed by atoms with Crippen LogP contribution in [0.5, 0.6) is 0 Å². The lowest BCUT2D eigenvalue weighted by atomic mass is 9.73. The van der Waals surface area contributed by atoms with Gasteiger partial charge < -0.3 is 15.5 Å². The first-order valence-electron chi connectivity index (χ1n) is 11.6. The van der Waals surface area contributed by atoms with Gasteiger partial charge >= 0.3 is 5.97 Å². The molecule has 0 aliphatic heterocycles. The molecule has 0 saturated heterocycles. The number of aliphatic carboxylic acids is 1. The summed E-state index contributed by atoms with van der Waals surface area (Å²) in [6.45, 7) is 3.63. The molecule has 1 fully saturated rings. The van der Waals surface area contributed by atoms with E-state index in [9.17, 15) is 23.8 Å². The van der Waals surface area contributed by atoms with Crippen LogP contribution >= 0.6 is 0 Å². The minimum Gasteiger partial charge on any atom is -0.481 e. The molecule has 7 nitrogen and oxygen atoms in total. The number of anilines is 2. The lowest BCUT2D eigenvalue weighted by Gasteiger charge is -2.36. The van der Waals surface area contributed by atoms with Crippen LogP contribution < -0.4 is 5.32 Å². The Morgan fingerprint density at radius 1 is 1.09 bits per heavy atom. The van der Waals surface area contributed by atoms with E-state index in [0.29, 0.717) is 42.9 Å². The largest absolute Gasteiger partial charge is 0.481 e. The Kier molecular flexibility index (Phi) is 7.07.